The fourth-order valence-electron chi connectivity index (χ4n) is 2.94. The first kappa shape index (κ1) is 17.0. The standard InChI is InChI=1S/C18H22N4O3/c1-13-11-16(21-25-13)20-18(24)19-15(12-14-7-3-2-4-8-14)17(23)22-9-5-6-10-22/h2-4,7-8,11,15H,5-6,9-10,12H2,1H3,(H2,19,20,21,24)/t15-/m1/s1. The van der Waals surface area contributed by atoms with Gasteiger partial charge in [0, 0.05) is 25.6 Å². The largest absolute Gasteiger partial charge is 0.360 e. The van der Waals surface area contributed by atoms with Crippen molar-refractivity contribution in [2.75, 3.05) is 18.4 Å². The molecule has 1 fully saturated rings. The zero-order valence-corrected chi connectivity index (χ0v) is 14.2. The summed E-state index contributed by atoms with van der Waals surface area (Å²) in [7, 11) is 0. The van der Waals surface area contributed by atoms with Crippen molar-refractivity contribution in [3.05, 3.63) is 47.7 Å². The van der Waals surface area contributed by atoms with Crippen LogP contribution in [0.2, 0.25) is 0 Å². The van der Waals surface area contributed by atoms with Gasteiger partial charge in [-0.15, -0.1) is 0 Å². The number of urea groups is 1. The summed E-state index contributed by atoms with van der Waals surface area (Å²) in [6.07, 6.45) is 2.46. The molecule has 25 heavy (non-hydrogen) atoms. The van der Waals surface area contributed by atoms with Gasteiger partial charge in [-0.2, -0.15) is 0 Å². The average Bonchev–Trinajstić information content (AvgIpc) is 3.26. The van der Waals surface area contributed by atoms with E-state index >= 15 is 0 Å². The van der Waals surface area contributed by atoms with Crippen LogP contribution < -0.4 is 10.6 Å². The van der Waals surface area contributed by atoms with Gasteiger partial charge < -0.3 is 14.7 Å². The van der Waals surface area contributed by atoms with Gasteiger partial charge in [0.1, 0.15) is 11.8 Å². The molecular weight excluding hydrogens is 320 g/mol. The Kier molecular flexibility index (Phi) is 5.33. The molecule has 3 rings (SSSR count). The highest BCUT2D eigenvalue weighted by Crippen LogP contribution is 2.13. The fraction of sp³-hybridized carbons (Fsp3) is 0.389. The second kappa shape index (κ2) is 7.83. The predicted octanol–water partition coefficient (Wildman–Crippen LogP) is 2.34. The van der Waals surface area contributed by atoms with Crippen LogP contribution >= 0.6 is 0 Å². The summed E-state index contributed by atoms with van der Waals surface area (Å²) in [6, 6.07) is 10.2. The van der Waals surface area contributed by atoms with Crippen LogP contribution in [0.4, 0.5) is 10.6 Å². The third-order valence-electron chi connectivity index (χ3n) is 4.17. The molecule has 7 nitrogen and oxygen atoms in total. The number of aryl methyl sites for hydroxylation is 1. The van der Waals surface area contributed by atoms with Crippen molar-refractivity contribution >= 4 is 17.8 Å². The van der Waals surface area contributed by atoms with Gasteiger partial charge in [0.15, 0.2) is 5.82 Å². The lowest BCUT2D eigenvalue weighted by molar-refractivity contribution is -0.132. The van der Waals surface area contributed by atoms with Gasteiger partial charge in [-0.1, -0.05) is 35.5 Å². The third kappa shape index (κ3) is 4.59. The molecule has 0 unspecified atom stereocenters. The van der Waals surface area contributed by atoms with E-state index in [1.54, 1.807) is 13.0 Å². The lowest BCUT2D eigenvalue weighted by atomic mass is 10.0. The van der Waals surface area contributed by atoms with E-state index < -0.39 is 12.1 Å². The molecule has 7 heteroatoms. The second-order valence-corrected chi connectivity index (χ2v) is 6.20. The molecule has 0 spiro atoms. The maximum absolute atomic E-state index is 12.8. The van der Waals surface area contributed by atoms with E-state index in [9.17, 15) is 9.59 Å². The van der Waals surface area contributed by atoms with Crippen molar-refractivity contribution in [2.24, 2.45) is 0 Å². The molecule has 2 N–H and O–H groups in total. The SMILES string of the molecule is Cc1cc(NC(=O)N[C@H](Cc2ccccc2)C(=O)N2CCCC2)no1. The lowest BCUT2D eigenvalue weighted by Crippen LogP contribution is -2.50. The Balaban J connectivity index is 1.68. The average molecular weight is 342 g/mol. The quantitative estimate of drug-likeness (QED) is 0.873. The smallest absolute Gasteiger partial charge is 0.321 e. The van der Waals surface area contributed by atoms with Crippen molar-refractivity contribution in [2.45, 2.75) is 32.2 Å². The van der Waals surface area contributed by atoms with Crippen LogP contribution in [-0.4, -0.2) is 41.1 Å². The minimum atomic E-state index is -0.617. The number of nitrogens with one attached hydrogen (secondary N) is 2. The fourth-order valence-corrected chi connectivity index (χ4v) is 2.94. The number of hydrogen-bond donors (Lipinski definition) is 2. The third-order valence-corrected chi connectivity index (χ3v) is 4.17. The van der Waals surface area contributed by atoms with Crippen molar-refractivity contribution in [3.63, 3.8) is 0 Å². The van der Waals surface area contributed by atoms with Crippen molar-refractivity contribution in [1.29, 1.82) is 0 Å². The van der Waals surface area contributed by atoms with E-state index in [0.717, 1.165) is 31.5 Å². The highest BCUT2D eigenvalue weighted by molar-refractivity contribution is 5.93. The van der Waals surface area contributed by atoms with Crippen molar-refractivity contribution in [3.8, 4) is 0 Å². The Hall–Kier alpha value is -2.83. The summed E-state index contributed by atoms with van der Waals surface area (Å²) in [4.78, 5) is 26.9. The van der Waals surface area contributed by atoms with Gasteiger partial charge >= 0.3 is 6.03 Å². The zero-order valence-electron chi connectivity index (χ0n) is 14.2. The van der Waals surface area contributed by atoms with Crippen LogP contribution in [0.25, 0.3) is 0 Å². The van der Waals surface area contributed by atoms with Crippen LogP contribution in [0.5, 0.6) is 0 Å². The molecular formula is C18H22N4O3. The lowest BCUT2D eigenvalue weighted by Gasteiger charge is -2.24. The number of benzene rings is 1. The topological polar surface area (TPSA) is 87.5 Å². The number of rotatable bonds is 5. The van der Waals surface area contributed by atoms with E-state index in [0.29, 0.717) is 18.0 Å². The van der Waals surface area contributed by atoms with Crippen molar-refractivity contribution < 1.29 is 14.1 Å². The number of aromatic nitrogens is 1. The maximum Gasteiger partial charge on any atom is 0.321 e. The van der Waals surface area contributed by atoms with E-state index in [4.69, 9.17) is 4.52 Å². The molecule has 0 radical (unpaired) electrons. The molecule has 1 aliphatic heterocycles. The normalized spacial score (nSPS) is 15.0. The summed E-state index contributed by atoms with van der Waals surface area (Å²) in [5, 5.41) is 9.10. The Bertz CT molecular complexity index is 723. The first-order valence-electron chi connectivity index (χ1n) is 8.45. The number of carbonyl (C=O) groups is 2. The molecule has 1 aromatic heterocycles. The van der Waals surface area contributed by atoms with Gasteiger partial charge in [-0.25, -0.2) is 4.79 Å². The second-order valence-electron chi connectivity index (χ2n) is 6.20. The molecule has 1 atom stereocenters. The van der Waals surface area contributed by atoms with E-state index in [1.165, 1.54) is 0 Å². The Morgan fingerprint density at radius 3 is 2.60 bits per heavy atom. The summed E-state index contributed by atoms with van der Waals surface area (Å²) in [5.41, 5.74) is 0.998. The Morgan fingerprint density at radius 1 is 1.24 bits per heavy atom. The zero-order chi connectivity index (χ0) is 17.6. The van der Waals surface area contributed by atoms with Crippen LogP contribution in [0.3, 0.4) is 0 Å². The number of carbonyl (C=O) groups excluding carboxylic acids is 2. The number of hydrogen-bond acceptors (Lipinski definition) is 4. The van der Waals surface area contributed by atoms with Crippen LogP contribution in [0.1, 0.15) is 24.2 Å². The number of likely N-dealkylation sites (tertiary alicyclic amines) is 1. The molecule has 1 saturated heterocycles. The maximum atomic E-state index is 12.8. The summed E-state index contributed by atoms with van der Waals surface area (Å²) < 4.78 is 4.93. The van der Waals surface area contributed by atoms with Gasteiger partial charge in [-0.05, 0) is 25.3 Å². The first-order valence-corrected chi connectivity index (χ1v) is 8.45. The van der Waals surface area contributed by atoms with Crippen LogP contribution in [0.15, 0.2) is 40.9 Å². The molecule has 0 aliphatic carbocycles. The molecule has 1 aromatic carbocycles. The van der Waals surface area contributed by atoms with Gasteiger partial charge in [-0.3, -0.25) is 10.1 Å². The molecule has 3 amide bonds. The number of anilines is 1. The van der Waals surface area contributed by atoms with Crippen molar-refractivity contribution in [1.82, 2.24) is 15.4 Å². The number of nitrogens with zero attached hydrogens (tertiary/aromatic N) is 2. The molecule has 1 aliphatic rings. The summed E-state index contributed by atoms with van der Waals surface area (Å²) in [5.74, 6) is 0.874. The highest BCUT2D eigenvalue weighted by atomic mass is 16.5. The first-order chi connectivity index (χ1) is 12.1. The molecule has 132 valence electrons. The Morgan fingerprint density at radius 2 is 1.96 bits per heavy atom. The summed E-state index contributed by atoms with van der Waals surface area (Å²) in [6.45, 7) is 3.23. The molecule has 0 saturated carbocycles. The minimum Gasteiger partial charge on any atom is -0.360 e. The van der Waals surface area contributed by atoms with Crippen LogP contribution in [0, 0.1) is 6.92 Å². The molecule has 2 heterocycles. The van der Waals surface area contributed by atoms with Gasteiger partial charge in [0.05, 0.1) is 0 Å². The molecule has 0 bridgehead atoms. The monoisotopic (exact) mass is 342 g/mol. The predicted molar refractivity (Wildman–Crippen MR) is 93.1 cm³/mol. The van der Waals surface area contributed by atoms with Gasteiger partial charge in [0.25, 0.3) is 0 Å². The van der Waals surface area contributed by atoms with Gasteiger partial charge in [0.2, 0.25) is 5.91 Å². The molecule has 2 aromatic rings. The number of amides is 3. The van der Waals surface area contributed by atoms with E-state index in [1.807, 2.05) is 35.2 Å². The Labute approximate surface area is 146 Å². The minimum absolute atomic E-state index is 0.0483. The van der Waals surface area contributed by atoms with Crippen LogP contribution in [-0.2, 0) is 11.2 Å². The highest BCUT2D eigenvalue weighted by Gasteiger charge is 2.28. The van der Waals surface area contributed by atoms with E-state index in [-0.39, 0.29) is 5.91 Å². The summed E-state index contributed by atoms with van der Waals surface area (Å²) >= 11 is 0. The van der Waals surface area contributed by atoms with E-state index in [2.05, 4.69) is 15.8 Å².